The second-order valence-electron chi connectivity index (χ2n) is 7.46. The van der Waals surface area contributed by atoms with Gasteiger partial charge in [-0.05, 0) is 44.2 Å². The molecule has 1 aromatic heterocycles. The minimum atomic E-state index is -0.142. The number of pyridine rings is 1. The zero-order valence-corrected chi connectivity index (χ0v) is 16.0. The van der Waals surface area contributed by atoms with E-state index in [1.54, 1.807) is 6.20 Å². The van der Waals surface area contributed by atoms with E-state index in [9.17, 15) is 4.79 Å². The molecule has 3 rings (SSSR count). The van der Waals surface area contributed by atoms with E-state index in [2.05, 4.69) is 20.4 Å². The van der Waals surface area contributed by atoms with Crippen LogP contribution in [0, 0.1) is 0 Å². The van der Waals surface area contributed by atoms with Gasteiger partial charge in [0, 0.05) is 30.9 Å². The lowest BCUT2D eigenvalue weighted by molar-refractivity contribution is -0.126. The molecule has 27 heavy (non-hydrogen) atoms. The molecule has 1 aromatic rings. The quantitative estimate of drug-likeness (QED) is 0.346. The third kappa shape index (κ3) is 6.12. The Hall–Kier alpha value is -2.31. The number of rotatable bonds is 6. The van der Waals surface area contributed by atoms with Crippen molar-refractivity contribution in [2.75, 3.05) is 24.6 Å². The van der Waals surface area contributed by atoms with E-state index >= 15 is 0 Å². The van der Waals surface area contributed by atoms with Gasteiger partial charge in [0.1, 0.15) is 5.82 Å². The maximum absolute atomic E-state index is 12.0. The predicted molar refractivity (Wildman–Crippen MR) is 107 cm³/mol. The SMILES string of the molecule is N/C(=N\OCC(=O)NC1CCCCCC1)c1ccc(N2CCCCC2)nc1. The minimum absolute atomic E-state index is 0.115. The maximum atomic E-state index is 12.0. The first-order valence-electron chi connectivity index (χ1n) is 10.2. The molecule has 148 valence electrons. The van der Waals surface area contributed by atoms with Crippen LogP contribution in [0.1, 0.15) is 63.4 Å². The molecule has 0 aromatic carbocycles. The topological polar surface area (TPSA) is 92.8 Å². The number of nitrogens with one attached hydrogen (secondary N) is 1. The highest BCUT2D eigenvalue weighted by Gasteiger charge is 2.15. The molecular weight excluding hydrogens is 342 g/mol. The maximum Gasteiger partial charge on any atom is 0.260 e. The minimum Gasteiger partial charge on any atom is -0.384 e. The molecule has 1 saturated heterocycles. The number of piperidine rings is 1. The van der Waals surface area contributed by atoms with Crippen LogP contribution in [0.25, 0.3) is 0 Å². The number of hydrogen-bond donors (Lipinski definition) is 2. The summed E-state index contributed by atoms with van der Waals surface area (Å²) in [5, 5.41) is 6.89. The van der Waals surface area contributed by atoms with E-state index in [0.717, 1.165) is 31.7 Å². The Bertz CT molecular complexity index is 618. The number of nitrogens with two attached hydrogens (primary N) is 1. The fraction of sp³-hybridized carbons (Fsp3) is 0.650. The second-order valence-corrected chi connectivity index (χ2v) is 7.46. The average molecular weight is 374 g/mol. The highest BCUT2D eigenvalue weighted by molar-refractivity contribution is 5.97. The fourth-order valence-corrected chi connectivity index (χ4v) is 3.75. The zero-order valence-electron chi connectivity index (χ0n) is 16.0. The van der Waals surface area contributed by atoms with Gasteiger partial charge in [0.15, 0.2) is 12.4 Å². The molecule has 0 spiro atoms. The summed E-state index contributed by atoms with van der Waals surface area (Å²) in [6.07, 6.45) is 12.4. The van der Waals surface area contributed by atoms with Crippen molar-refractivity contribution in [3.63, 3.8) is 0 Å². The smallest absolute Gasteiger partial charge is 0.260 e. The number of carbonyl (C=O) groups is 1. The van der Waals surface area contributed by atoms with Crippen LogP contribution in [0.5, 0.6) is 0 Å². The summed E-state index contributed by atoms with van der Waals surface area (Å²) in [6, 6.07) is 4.11. The molecular formula is C20H31N5O2. The number of aromatic nitrogens is 1. The summed E-state index contributed by atoms with van der Waals surface area (Å²) in [5.41, 5.74) is 6.65. The third-order valence-corrected chi connectivity index (χ3v) is 5.30. The number of nitrogens with zero attached hydrogens (tertiary/aromatic N) is 3. The number of carbonyl (C=O) groups excluding carboxylic acids is 1. The van der Waals surface area contributed by atoms with Crippen molar-refractivity contribution in [3.8, 4) is 0 Å². The van der Waals surface area contributed by atoms with Gasteiger partial charge in [-0.1, -0.05) is 30.8 Å². The summed E-state index contributed by atoms with van der Waals surface area (Å²) in [5.74, 6) is 1.06. The summed E-state index contributed by atoms with van der Waals surface area (Å²) in [6.45, 7) is 1.99. The largest absolute Gasteiger partial charge is 0.384 e. The molecule has 0 bridgehead atoms. The number of amidine groups is 1. The average Bonchev–Trinajstić information content (AvgIpc) is 2.97. The standard InChI is InChI=1S/C20H31N5O2/c21-20(16-10-11-18(22-14-16)25-12-6-3-7-13-25)24-27-15-19(26)23-17-8-4-1-2-5-9-17/h10-11,14,17H,1-9,12-13,15H2,(H2,21,24)(H,23,26). The monoisotopic (exact) mass is 373 g/mol. The summed E-state index contributed by atoms with van der Waals surface area (Å²) in [7, 11) is 0. The molecule has 1 saturated carbocycles. The van der Waals surface area contributed by atoms with Gasteiger partial charge in [-0.3, -0.25) is 4.79 Å². The lowest BCUT2D eigenvalue weighted by Gasteiger charge is -2.27. The Morgan fingerprint density at radius 2 is 1.85 bits per heavy atom. The third-order valence-electron chi connectivity index (χ3n) is 5.30. The van der Waals surface area contributed by atoms with Crippen LogP contribution in [0.2, 0.25) is 0 Å². The Balaban J connectivity index is 1.44. The summed E-state index contributed by atoms with van der Waals surface area (Å²) >= 11 is 0. The van der Waals surface area contributed by atoms with Crippen LogP contribution in [0.3, 0.4) is 0 Å². The lowest BCUT2D eigenvalue weighted by atomic mass is 10.1. The Kier molecular flexibility index (Phi) is 7.30. The first kappa shape index (κ1) is 19.5. The molecule has 1 aliphatic heterocycles. The molecule has 0 unspecified atom stereocenters. The van der Waals surface area contributed by atoms with Crippen molar-refractivity contribution in [1.82, 2.24) is 10.3 Å². The van der Waals surface area contributed by atoms with Crippen molar-refractivity contribution >= 4 is 17.6 Å². The van der Waals surface area contributed by atoms with Crippen LogP contribution in [-0.2, 0) is 9.63 Å². The van der Waals surface area contributed by atoms with Gasteiger partial charge in [0.2, 0.25) is 0 Å². The number of amides is 1. The van der Waals surface area contributed by atoms with Gasteiger partial charge < -0.3 is 20.8 Å². The van der Waals surface area contributed by atoms with Gasteiger partial charge >= 0.3 is 0 Å². The van der Waals surface area contributed by atoms with Crippen LogP contribution in [-0.4, -0.2) is 42.5 Å². The zero-order chi connectivity index (χ0) is 18.9. The number of anilines is 1. The molecule has 2 aliphatic rings. The number of oxime groups is 1. The van der Waals surface area contributed by atoms with Crippen molar-refractivity contribution in [3.05, 3.63) is 23.9 Å². The van der Waals surface area contributed by atoms with Crippen molar-refractivity contribution in [2.24, 2.45) is 10.9 Å². The van der Waals surface area contributed by atoms with Crippen LogP contribution < -0.4 is 16.0 Å². The van der Waals surface area contributed by atoms with E-state index in [1.807, 2.05) is 12.1 Å². The summed E-state index contributed by atoms with van der Waals surface area (Å²) in [4.78, 5) is 23.9. The first-order valence-corrected chi connectivity index (χ1v) is 10.2. The molecule has 0 atom stereocenters. The first-order chi connectivity index (χ1) is 13.2. The predicted octanol–water partition coefficient (Wildman–Crippen LogP) is 2.55. The normalized spacial score (nSPS) is 19.4. The number of hydrogen-bond acceptors (Lipinski definition) is 5. The van der Waals surface area contributed by atoms with Gasteiger partial charge in [-0.15, -0.1) is 0 Å². The summed E-state index contributed by atoms with van der Waals surface area (Å²) < 4.78 is 0. The van der Waals surface area contributed by atoms with Crippen molar-refractivity contribution in [1.29, 1.82) is 0 Å². The van der Waals surface area contributed by atoms with E-state index in [1.165, 1.54) is 44.9 Å². The lowest BCUT2D eigenvalue weighted by Crippen LogP contribution is -2.36. The molecule has 1 amide bonds. The van der Waals surface area contributed by atoms with Crippen LogP contribution in [0.4, 0.5) is 5.82 Å². The molecule has 2 fully saturated rings. The van der Waals surface area contributed by atoms with Gasteiger partial charge in [0.05, 0.1) is 0 Å². The molecule has 2 heterocycles. The Labute approximate surface area is 161 Å². The Morgan fingerprint density at radius 3 is 2.52 bits per heavy atom. The fourth-order valence-electron chi connectivity index (χ4n) is 3.75. The van der Waals surface area contributed by atoms with Crippen LogP contribution >= 0.6 is 0 Å². The van der Waals surface area contributed by atoms with Crippen LogP contribution in [0.15, 0.2) is 23.5 Å². The van der Waals surface area contributed by atoms with E-state index in [0.29, 0.717) is 5.56 Å². The highest BCUT2D eigenvalue weighted by Crippen LogP contribution is 2.18. The molecule has 0 radical (unpaired) electrons. The molecule has 1 aliphatic carbocycles. The van der Waals surface area contributed by atoms with Gasteiger partial charge in [-0.25, -0.2) is 4.98 Å². The second kappa shape index (κ2) is 10.1. The van der Waals surface area contributed by atoms with Crippen molar-refractivity contribution in [2.45, 2.75) is 63.8 Å². The molecule has 7 heteroatoms. The molecule has 3 N–H and O–H groups in total. The van der Waals surface area contributed by atoms with E-state index < -0.39 is 0 Å². The van der Waals surface area contributed by atoms with Gasteiger partial charge in [0.25, 0.3) is 5.91 Å². The Morgan fingerprint density at radius 1 is 1.15 bits per heavy atom. The van der Waals surface area contributed by atoms with Gasteiger partial charge in [-0.2, -0.15) is 0 Å². The molecule has 7 nitrogen and oxygen atoms in total. The van der Waals surface area contributed by atoms with E-state index in [4.69, 9.17) is 10.6 Å². The highest BCUT2D eigenvalue weighted by atomic mass is 16.6. The van der Waals surface area contributed by atoms with E-state index in [-0.39, 0.29) is 24.4 Å². The van der Waals surface area contributed by atoms with Crippen molar-refractivity contribution < 1.29 is 9.63 Å².